The highest BCUT2D eigenvalue weighted by molar-refractivity contribution is 5.88. The molecular formula is C14H20N2O3. The number of hydrogen-bond donors (Lipinski definition) is 1. The highest BCUT2D eigenvalue weighted by Crippen LogP contribution is 2.19. The van der Waals surface area contributed by atoms with E-state index < -0.39 is 5.97 Å². The van der Waals surface area contributed by atoms with E-state index in [0.29, 0.717) is 12.2 Å². The Morgan fingerprint density at radius 1 is 1.53 bits per heavy atom. The number of carboxylic acids is 1. The highest BCUT2D eigenvalue weighted by atomic mass is 16.5. The normalized spacial score (nSPS) is 19.5. The molecule has 0 bridgehead atoms. The molecule has 0 saturated carbocycles. The maximum absolute atomic E-state index is 11.2. The zero-order valence-electron chi connectivity index (χ0n) is 11.4. The molecular weight excluding hydrogens is 244 g/mol. The van der Waals surface area contributed by atoms with Gasteiger partial charge in [0, 0.05) is 18.8 Å². The Hall–Kier alpha value is -1.62. The third-order valence-corrected chi connectivity index (χ3v) is 3.39. The van der Waals surface area contributed by atoms with Gasteiger partial charge in [0.1, 0.15) is 5.82 Å². The second-order valence-corrected chi connectivity index (χ2v) is 4.71. The van der Waals surface area contributed by atoms with Gasteiger partial charge in [-0.2, -0.15) is 0 Å². The fourth-order valence-corrected chi connectivity index (χ4v) is 2.21. The number of carbonyl (C=O) groups is 1. The Morgan fingerprint density at radius 3 is 2.95 bits per heavy atom. The molecule has 1 atom stereocenters. The summed E-state index contributed by atoms with van der Waals surface area (Å²) in [5.41, 5.74) is 1.12. The standard InChI is InChI=1S/C14H20N2O3/c1-3-11-7-10(14(17)18)8-13(15-11)16-5-6-19-12(4-2)9-16/h7-8,12H,3-6,9H2,1-2H3,(H,17,18). The Balaban J connectivity index is 2.27. The first-order valence-corrected chi connectivity index (χ1v) is 6.74. The van der Waals surface area contributed by atoms with E-state index in [9.17, 15) is 4.79 Å². The maximum Gasteiger partial charge on any atom is 0.335 e. The van der Waals surface area contributed by atoms with Crippen molar-refractivity contribution in [2.45, 2.75) is 32.8 Å². The summed E-state index contributed by atoms with van der Waals surface area (Å²) in [6.45, 7) is 6.27. The molecule has 1 unspecified atom stereocenters. The molecule has 2 heterocycles. The second-order valence-electron chi connectivity index (χ2n) is 4.71. The van der Waals surface area contributed by atoms with Crippen LogP contribution in [0.15, 0.2) is 12.1 Å². The largest absolute Gasteiger partial charge is 0.478 e. The SMILES string of the molecule is CCc1cc(C(=O)O)cc(N2CCOC(CC)C2)n1. The van der Waals surface area contributed by atoms with Crippen molar-refractivity contribution in [3.8, 4) is 0 Å². The van der Waals surface area contributed by atoms with Gasteiger partial charge in [-0.15, -0.1) is 0 Å². The van der Waals surface area contributed by atoms with E-state index in [2.05, 4.69) is 16.8 Å². The summed E-state index contributed by atoms with van der Waals surface area (Å²) < 4.78 is 5.63. The van der Waals surface area contributed by atoms with Crippen LogP contribution < -0.4 is 4.90 Å². The van der Waals surface area contributed by atoms with E-state index in [1.165, 1.54) is 0 Å². The van der Waals surface area contributed by atoms with Crippen LogP contribution >= 0.6 is 0 Å². The average Bonchev–Trinajstić information content (AvgIpc) is 2.46. The zero-order chi connectivity index (χ0) is 13.8. The summed E-state index contributed by atoms with van der Waals surface area (Å²) in [5, 5.41) is 9.15. The molecule has 5 nitrogen and oxygen atoms in total. The average molecular weight is 264 g/mol. The van der Waals surface area contributed by atoms with Gasteiger partial charge in [0.25, 0.3) is 0 Å². The minimum absolute atomic E-state index is 0.203. The molecule has 0 amide bonds. The lowest BCUT2D eigenvalue weighted by Crippen LogP contribution is -2.42. The Morgan fingerprint density at radius 2 is 2.32 bits per heavy atom. The summed E-state index contributed by atoms with van der Waals surface area (Å²) in [4.78, 5) is 17.8. The molecule has 0 spiro atoms. The molecule has 0 aromatic carbocycles. The number of carboxylic acid groups (broad SMARTS) is 1. The number of aryl methyl sites for hydroxylation is 1. The van der Waals surface area contributed by atoms with E-state index in [1.54, 1.807) is 12.1 Å². The maximum atomic E-state index is 11.2. The molecule has 1 saturated heterocycles. The van der Waals surface area contributed by atoms with Crippen molar-refractivity contribution in [2.24, 2.45) is 0 Å². The van der Waals surface area contributed by atoms with Gasteiger partial charge in [-0.3, -0.25) is 0 Å². The molecule has 5 heteroatoms. The van der Waals surface area contributed by atoms with Crippen LogP contribution in [0.2, 0.25) is 0 Å². The summed E-state index contributed by atoms with van der Waals surface area (Å²) in [7, 11) is 0. The Bertz CT molecular complexity index is 462. The molecule has 0 aliphatic carbocycles. The number of rotatable bonds is 4. The molecule has 0 radical (unpaired) electrons. The van der Waals surface area contributed by atoms with Crippen molar-refractivity contribution in [2.75, 3.05) is 24.6 Å². The molecule has 1 aliphatic rings. The number of aromatic nitrogens is 1. The van der Waals surface area contributed by atoms with E-state index in [4.69, 9.17) is 9.84 Å². The topological polar surface area (TPSA) is 62.7 Å². The first-order valence-electron chi connectivity index (χ1n) is 6.74. The lowest BCUT2D eigenvalue weighted by Gasteiger charge is -2.33. The van der Waals surface area contributed by atoms with Crippen molar-refractivity contribution < 1.29 is 14.6 Å². The number of hydrogen-bond acceptors (Lipinski definition) is 4. The van der Waals surface area contributed by atoms with Crippen molar-refractivity contribution in [1.82, 2.24) is 4.98 Å². The highest BCUT2D eigenvalue weighted by Gasteiger charge is 2.21. The van der Waals surface area contributed by atoms with E-state index >= 15 is 0 Å². The molecule has 1 aliphatic heterocycles. The van der Waals surface area contributed by atoms with Gasteiger partial charge < -0.3 is 14.7 Å². The number of morpholine rings is 1. The van der Waals surface area contributed by atoms with Crippen molar-refractivity contribution in [3.63, 3.8) is 0 Å². The fourth-order valence-electron chi connectivity index (χ4n) is 2.21. The number of nitrogens with zero attached hydrogens (tertiary/aromatic N) is 2. The molecule has 19 heavy (non-hydrogen) atoms. The van der Waals surface area contributed by atoms with Crippen LogP contribution in [0.25, 0.3) is 0 Å². The van der Waals surface area contributed by atoms with E-state index in [-0.39, 0.29) is 6.10 Å². The van der Waals surface area contributed by atoms with Gasteiger partial charge in [0.05, 0.1) is 18.3 Å². The number of aromatic carboxylic acids is 1. The first kappa shape index (κ1) is 13.8. The summed E-state index contributed by atoms with van der Waals surface area (Å²) in [6.07, 6.45) is 1.89. The van der Waals surface area contributed by atoms with Crippen molar-refractivity contribution in [3.05, 3.63) is 23.4 Å². The Labute approximate surface area is 113 Å². The van der Waals surface area contributed by atoms with Gasteiger partial charge in [0.15, 0.2) is 0 Å². The summed E-state index contributed by atoms with van der Waals surface area (Å²) in [6, 6.07) is 3.29. The van der Waals surface area contributed by atoms with Gasteiger partial charge in [-0.25, -0.2) is 9.78 Å². The van der Waals surface area contributed by atoms with Crippen LogP contribution in [0.5, 0.6) is 0 Å². The third-order valence-electron chi connectivity index (χ3n) is 3.39. The van der Waals surface area contributed by atoms with Gasteiger partial charge in [0.2, 0.25) is 0 Å². The first-order chi connectivity index (χ1) is 9.13. The van der Waals surface area contributed by atoms with Crippen LogP contribution in [-0.2, 0) is 11.2 Å². The minimum atomic E-state index is -0.904. The van der Waals surface area contributed by atoms with Crippen molar-refractivity contribution in [1.29, 1.82) is 0 Å². The van der Waals surface area contributed by atoms with Crippen LogP contribution in [0.4, 0.5) is 5.82 Å². The Kier molecular flexibility index (Phi) is 4.37. The second kappa shape index (κ2) is 6.02. The fraction of sp³-hybridized carbons (Fsp3) is 0.571. The van der Waals surface area contributed by atoms with Gasteiger partial charge in [-0.05, 0) is 25.0 Å². The monoisotopic (exact) mass is 264 g/mol. The summed E-state index contributed by atoms with van der Waals surface area (Å²) >= 11 is 0. The van der Waals surface area contributed by atoms with Crippen LogP contribution in [-0.4, -0.2) is 41.9 Å². The molecule has 1 fully saturated rings. The predicted octanol–water partition coefficient (Wildman–Crippen LogP) is 1.96. The summed E-state index contributed by atoms with van der Waals surface area (Å²) in [5.74, 6) is -0.155. The lowest BCUT2D eigenvalue weighted by molar-refractivity contribution is 0.0381. The van der Waals surface area contributed by atoms with Crippen LogP contribution in [0.3, 0.4) is 0 Å². The molecule has 1 N–H and O–H groups in total. The van der Waals surface area contributed by atoms with Gasteiger partial charge in [-0.1, -0.05) is 13.8 Å². The molecule has 1 aromatic heterocycles. The smallest absolute Gasteiger partial charge is 0.335 e. The van der Waals surface area contributed by atoms with E-state index in [0.717, 1.165) is 37.4 Å². The van der Waals surface area contributed by atoms with E-state index in [1.807, 2.05) is 6.92 Å². The number of ether oxygens (including phenoxy) is 1. The molecule has 2 rings (SSSR count). The molecule has 104 valence electrons. The van der Waals surface area contributed by atoms with Crippen molar-refractivity contribution >= 4 is 11.8 Å². The number of pyridine rings is 1. The van der Waals surface area contributed by atoms with Crippen LogP contribution in [0.1, 0.15) is 36.3 Å². The molecule has 1 aromatic rings. The third kappa shape index (κ3) is 3.23. The lowest BCUT2D eigenvalue weighted by atomic mass is 10.1. The predicted molar refractivity (Wildman–Crippen MR) is 72.8 cm³/mol. The zero-order valence-corrected chi connectivity index (χ0v) is 11.4. The van der Waals surface area contributed by atoms with Crippen LogP contribution in [0, 0.1) is 0 Å². The number of anilines is 1. The minimum Gasteiger partial charge on any atom is -0.478 e. The quantitative estimate of drug-likeness (QED) is 0.900. The van der Waals surface area contributed by atoms with Gasteiger partial charge >= 0.3 is 5.97 Å².